The molecule has 0 unspecified atom stereocenters. The van der Waals surface area contributed by atoms with Gasteiger partial charge in [-0.05, 0) is 70.8 Å². The van der Waals surface area contributed by atoms with Crippen molar-refractivity contribution in [2.24, 2.45) is 0 Å². The average molecular weight is 360 g/mol. The minimum atomic E-state index is 0.151. The summed E-state index contributed by atoms with van der Waals surface area (Å²) in [5.74, 6) is 0.151. The second-order valence-corrected chi connectivity index (χ2v) is 7.64. The van der Waals surface area contributed by atoms with Crippen LogP contribution in [-0.2, 0) is 4.74 Å². The molecule has 2 saturated heterocycles. The summed E-state index contributed by atoms with van der Waals surface area (Å²) in [5.41, 5.74) is 1.66. The molecule has 0 aliphatic carbocycles. The molecule has 144 valence electrons. The maximum Gasteiger partial charge on any atom is 0.254 e. The van der Waals surface area contributed by atoms with Gasteiger partial charge in [-0.2, -0.15) is 0 Å². The van der Waals surface area contributed by atoms with Gasteiger partial charge in [-0.25, -0.2) is 0 Å². The van der Waals surface area contributed by atoms with Crippen molar-refractivity contribution < 1.29 is 9.53 Å². The number of aryl methyl sites for hydroxylation is 1. The zero-order chi connectivity index (χ0) is 18.2. The summed E-state index contributed by atoms with van der Waals surface area (Å²) in [5, 5.41) is 0. The number of rotatable bonds is 6. The van der Waals surface area contributed by atoms with Gasteiger partial charge in [-0.15, -0.1) is 0 Å². The quantitative estimate of drug-likeness (QED) is 0.782. The minimum absolute atomic E-state index is 0.151. The van der Waals surface area contributed by atoms with Gasteiger partial charge in [0.15, 0.2) is 0 Å². The van der Waals surface area contributed by atoms with Crippen molar-refractivity contribution in [2.45, 2.75) is 57.9 Å². The molecule has 0 saturated carbocycles. The van der Waals surface area contributed by atoms with Gasteiger partial charge < -0.3 is 14.5 Å². The van der Waals surface area contributed by atoms with E-state index in [9.17, 15) is 4.79 Å². The van der Waals surface area contributed by atoms with Crippen molar-refractivity contribution in [3.05, 3.63) is 29.6 Å². The maximum absolute atomic E-state index is 13.2. The van der Waals surface area contributed by atoms with E-state index >= 15 is 0 Å². The molecule has 2 aliphatic rings. The number of nitrogens with zero attached hydrogens (tertiary/aromatic N) is 3. The summed E-state index contributed by atoms with van der Waals surface area (Å²) < 4.78 is 5.51. The van der Waals surface area contributed by atoms with E-state index in [1.54, 1.807) is 6.20 Å². The second kappa shape index (κ2) is 10.0. The predicted molar refractivity (Wildman–Crippen MR) is 103 cm³/mol. The molecule has 0 atom stereocenters. The lowest BCUT2D eigenvalue weighted by molar-refractivity contribution is 0.0280. The van der Waals surface area contributed by atoms with Gasteiger partial charge in [0.2, 0.25) is 0 Å². The van der Waals surface area contributed by atoms with E-state index in [2.05, 4.69) is 14.8 Å². The molecule has 5 nitrogen and oxygen atoms in total. The zero-order valence-electron chi connectivity index (χ0n) is 16.2. The molecular weight excluding hydrogens is 326 g/mol. The monoisotopic (exact) mass is 359 g/mol. The lowest BCUT2D eigenvalue weighted by Crippen LogP contribution is -2.44. The Morgan fingerprint density at radius 2 is 1.96 bits per heavy atom. The third-order valence-corrected chi connectivity index (χ3v) is 5.61. The smallest absolute Gasteiger partial charge is 0.254 e. The molecule has 0 radical (unpaired) electrons. The molecule has 2 fully saturated rings. The van der Waals surface area contributed by atoms with Crippen molar-refractivity contribution in [1.29, 1.82) is 0 Å². The third-order valence-electron chi connectivity index (χ3n) is 5.61. The SMILES string of the molecule is Cc1cc(C(=O)N(CCCN2CCCCCC2)C2CCOCC2)ccn1. The lowest BCUT2D eigenvalue weighted by atomic mass is 10.0. The standard InChI is InChI=1S/C21H33N3O2/c1-18-17-19(7-10-22-18)21(25)24(20-8-15-26-16-9-20)14-6-13-23-11-4-2-3-5-12-23/h7,10,17,20H,2-6,8-9,11-16H2,1H3. The van der Waals surface area contributed by atoms with Gasteiger partial charge in [0.25, 0.3) is 5.91 Å². The van der Waals surface area contributed by atoms with E-state index in [-0.39, 0.29) is 5.91 Å². The highest BCUT2D eigenvalue weighted by atomic mass is 16.5. The highest BCUT2D eigenvalue weighted by molar-refractivity contribution is 5.94. The number of pyridine rings is 1. The Bertz CT molecular complexity index is 564. The molecule has 2 aliphatic heterocycles. The van der Waals surface area contributed by atoms with Gasteiger partial charge in [-0.3, -0.25) is 9.78 Å². The first-order chi connectivity index (χ1) is 12.7. The zero-order valence-corrected chi connectivity index (χ0v) is 16.2. The second-order valence-electron chi connectivity index (χ2n) is 7.64. The molecule has 26 heavy (non-hydrogen) atoms. The number of amides is 1. The van der Waals surface area contributed by atoms with Crippen LogP contribution in [0.15, 0.2) is 18.3 Å². The van der Waals surface area contributed by atoms with E-state index in [0.29, 0.717) is 6.04 Å². The highest BCUT2D eigenvalue weighted by Crippen LogP contribution is 2.19. The van der Waals surface area contributed by atoms with Crippen molar-refractivity contribution >= 4 is 5.91 Å². The minimum Gasteiger partial charge on any atom is -0.381 e. The van der Waals surface area contributed by atoms with Gasteiger partial charge >= 0.3 is 0 Å². The molecule has 1 aromatic rings. The van der Waals surface area contributed by atoms with Crippen LogP contribution in [0.3, 0.4) is 0 Å². The number of likely N-dealkylation sites (tertiary alicyclic amines) is 1. The highest BCUT2D eigenvalue weighted by Gasteiger charge is 2.26. The van der Waals surface area contributed by atoms with E-state index < -0.39 is 0 Å². The van der Waals surface area contributed by atoms with Crippen LogP contribution in [0.4, 0.5) is 0 Å². The summed E-state index contributed by atoms with van der Waals surface area (Å²) in [6, 6.07) is 4.05. The molecule has 0 N–H and O–H groups in total. The fraction of sp³-hybridized carbons (Fsp3) is 0.714. The molecule has 0 aromatic carbocycles. The van der Waals surface area contributed by atoms with Crippen LogP contribution < -0.4 is 0 Å². The van der Waals surface area contributed by atoms with Crippen LogP contribution >= 0.6 is 0 Å². The van der Waals surface area contributed by atoms with Crippen LogP contribution in [0.2, 0.25) is 0 Å². The number of hydrogen-bond acceptors (Lipinski definition) is 4. The Morgan fingerprint density at radius 1 is 1.23 bits per heavy atom. The average Bonchev–Trinajstić information content (AvgIpc) is 2.94. The molecule has 3 rings (SSSR count). The normalized spacial score (nSPS) is 19.9. The van der Waals surface area contributed by atoms with Crippen LogP contribution in [0.1, 0.15) is 61.0 Å². The number of ether oxygens (including phenoxy) is 1. The number of carbonyl (C=O) groups is 1. The molecule has 3 heterocycles. The van der Waals surface area contributed by atoms with E-state index in [4.69, 9.17) is 4.74 Å². The van der Waals surface area contributed by atoms with Crippen LogP contribution in [-0.4, -0.2) is 66.1 Å². The first-order valence-corrected chi connectivity index (χ1v) is 10.3. The fourth-order valence-corrected chi connectivity index (χ4v) is 4.12. The van der Waals surface area contributed by atoms with Crippen LogP contribution in [0.25, 0.3) is 0 Å². The van der Waals surface area contributed by atoms with Gasteiger partial charge in [-0.1, -0.05) is 12.8 Å². The Morgan fingerprint density at radius 3 is 2.65 bits per heavy atom. The summed E-state index contributed by atoms with van der Waals surface area (Å²) in [6.07, 6.45) is 10.0. The molecule has 5 heteroatoms. The van der Waals surface area contributed by atoms with Crippen molar-refractivity contribution in [2.75, 3.05) is 39.4 Å². The lowest BCUT2D eigenvalue weighted by Gasteiger charge is -2.35. The van der Waals surface area contributed by atoms with E-state index in [0.717, 1.165) is 56.8 Å². The topological polar surface area (TPSA) is 45.7 Å². The molecule has 0 spiro atoms. The van der Waals surface area contributed by atoms with E-state index in [1.165, 1.54) is 38.8 Å². The molecule has 1 amide bonds. The largest absolute Gasteiger partial charge is 0.381 e. The third kappa shape index (κ3) is 5.52. The van der Waals surface area contributed by atoms with Crippen molar-refractivity contribution in [3.63, 3.8) is 0 Å². The van der Waals surface area contributed by atoms with Crippen molar-refractivity contribution in [1.82, 2.24) is 14.8 Å². The number of hydrogen-bond donors (Lipinski definition) is 0. The Balaban J connectivity index is 1.61. The van der Waals surface area contributed by atoms with Gasteiger partial charge in [0, 0.05) is 43.3 Å². The van der Waals surface area contributed by atoms with E-state index in [1.807, 2.05) is 19.1 Å². The maximum atomic E-state index is 13.2. The van der Waals surface area contributed by atoms with Gasteiger partial charge in [0.05, 0.1) is 0 Å². The Hall–Kier alpha value is -1.46. The number of aromatic nitrogens is 1. The first-order valence-electron chi connectivity index (χ1n) is 10.3. The summed E-state index contributed by atoms with van der Waals surface area (Å²) in [4.78, 5) is 22.1. The van der Waals surface area contributed by atoms with Crippen LogP contribution in [0, 0.1) is 6.92 Å². The Labute approximate surface area is 157 Å². The first kappa shape index (κ1) is 19.3. The van der Waals surface area contributed by atoms with Crippen LogP contribution in [0.5, 0.6) is 0 Å². The summed E-state index contributed by atoms with van der Waals surface area (Å²) in [6.45, 7) is 7.83. The predicted octanol–water partition coefficient (Wildman–Crippen LogP) is 3.28. The number of carbonyl (C=O) groups excluding carboxylic acids is 1. The molecular formula is C21H33N3O2. The van der Waals surface area contributed by atoms with Crippen molar-refractivity contribution in [3.8, 4) is 0 Å². The van der Waals surface area contributed by atoms with Gasteiger partial charge in [0.1, 0.15) is 0 Å². The molecule has 0 bridgehead atoms. The molecule has 1 aromatic heterocycles. The Kier molecular flexibility index (Phi) is 7.44. The summed E-state index contributed by atoms with van der Waals surface area (Å²) in [7, 11) is 0. The fourth-order valence-electron chi connectivity index (χ4n) is 4.12. The summed E-state index contributed by atoms with van der Waals surface area (Å²) >= 11 is 0.